The second-order valence-corrected chi connectivity index (χ2v) is 5.42. The predicted octanol–water partition coefficient (Wildman–Crippen LogP) is 2.89. The number of benzene rings is 2. The molecule has 0 fully saturated rings. The fraction of sp³-hybridized carbons (Fsp3) is 0.278. The maximum absolute atomic E-state index is 13.0. The van der Waals surface area contributed by atoms with Gasteiger partial charge in [0.2, 0.25) is 0 Å². The Labute approximate surface area is 134 Å². The number of amides is 1. The molecule has 1 aliphatic heterocycles. The van der Waals surface area contributed by atoms with Gasteiger partial charge in [-0.2, -0.15) is 0 Å². The van der Waals surface area contributed by atoms with Gasteiger partial charge in [0, 0.05) is 18.5 Å². The van der Waals surface area contributed by atoms with Crippen LogP contribution in [0.4, 0.5) is 4.39 Å². The van der Waals surface area contributed by atoms with Crippen molar-refractivity contribution in [3.8, 4) is 11.5 Å². The van der Waals surface area contributed by atoms with Crippen LogP contribution in [0.3, 0.4) is 0 Å². The highest BCUT2D eigenvalue weighted by Gasteiger charge is 2.21. The van der Waals surface area contributed by atoms with Crippen LogP contribution in [0.5, 0.6) is 11.5 Å². The van der Waals surface area contributed by atoms with Crippen LogP contribution in [-0.4, -0.2) is 25.7 Å². The summed E-state index contributed by atoms with van der Waals surface area (Å²) in [5.41, 5.74) is 1.12. The van der Waals surface area contributed by atoms with Gasteiger partial charge in [0.1, 0.15) is 17.3 Å². The molecule has 2 aromatic rings. The fourth-order valence-electron chi connectivity index (χ4n) is 2.62. The van der Waals surface area contributed by atoms with Crippen molar-refractivity contribution in [1.29, 1.82) is 0 Å². The van der Waals surface area contributed by atoms with Gasteiger partial charge >= 0.3 is 0 Å². The molecule has 0 aliphatic carbocycles. The van der Waals surface area contributed by atoms with Gasteiger partial charge in [-0.1, -0.05) is 24.3 Å². The van der Waals surface area contributed by atoms with Gasteiger partial charge in [-0.25, -0.2) is 4.39 Å². The molecule has 1 amide bonds. The normalized spacial score (nSPS) is 16.1. The van der Waals surface area contributed by atoms with Crippen LogP contribution >= 0.6 is 0 Å². The second kappa shape index (κ2) is 7.13. The molecule has 4 nitrogen and oxygen atoms in total. The van der Waals surface area contributed by atoms with Crippen molar-refractivity contribution in [3.05, 3.63) is 59.9 Å². The number of hydrogen-bond donors (Lipinski definition) is 1. The van der Waals surface area contributed by atoms with Crippen LogP contribution in [0, 0.1) is 5.82 Å². The Morgan fingerprint density at radius 1 is 1.26 bits per heavy atom. The van der Waals surface area contributed by atoms with Crippen molar-refractivity contribution in [1.82, 2.24) is 5.32 Å². The van der Waals surface area contributed by atoms with Crippen molar-refractivity contribution >= 4 is 5.91 Å². The lowest BCUT2D eigenvalue weighted by Crippen LogP contribution is -2.34. The van der Waals surface area contributed by atoms with Crippen molar-refractivity contribution in [3.63, 3.8) is 0 Å². The standard InChI is InChI=1S/C18H18FNO3/c19-14-4-3-5-15(10-14)23-12-18(21)20-11-13-8-9-22-17-7-2-1-6-16(13)17/h1-7,10,13H,8-9,11-12H2,(H,20,21). The zero-order valence-corrected chi connectivity index (χ0v) is 12.6. The van der Waals surface area contributed by atoms with E-state index in [4.69, 9.17) is 9.47 Å². The molecule has 1 aliphatic rings. The van der Waals surface area contributed by atoms with E-state index in [0.717, 1.165) is 17.7 Å². The molecule has 1 atom stereocenters. The molecule has 3 rings (SSSR count). The minimum Gasteiger partial charge on any atom is -0.493 e. The number of fused-ring (bicyclic) bond motifs is 1. The molecule has 1 N–H and O–H groups in total. The lowest BCUT2D eigenvalue weighted by molar-refractivity contribution is -0.123. The van der Waals surface area contributed by atoms with Gasteiger partial charge in [0.05, 0.1) is 6.61 Å². The van der Waals surface area contributed by atoms with E-state index in [-0.39, 0.29) is 24.2 Å². The molecule has 2 aromatic carbocycles. The van der Waals surface area contributed by atoms with Gasteiger partial charge in [-0.05, 0) is 30.2 Å². The summed E-state index contributed by atoms with van der Waals surface area (Å²) in [6.07, 6.45) is 0.863. The minimum atomic E-state index is -0.387. The number of halogens is 1. The maximum atomic E-state index is 13.0. The molecule has 0 bridgehead atoms. The molecule has 0 radical (unpaired) electrons. The Hall–Kier alpha value is -2.56. The largest absolute Gasteiger partial charge is 0.493 e. The number of rotatable bonds is 5. The van der Waals surface area contributed by atoms with E-state index < -0.39 is 0 Å². The summed E-state index contributed by atoms with van der Waals surface area (Å²) in [6.45, 7) is 1.05. The molecule has 0 saturated carbocycles. The monoisotopic (exact) mass is 315 g/mol. The van der Waals surface area contributed by atoms with Crippen LogP contribution in [0.25, 0.3) is 0 Å². The number of carbonyl (C=O) groups excluding carboxylic acids is 1. The predicted molar refractivity (Wildman–Crippen MR) is 84.2 cm³/mol. The minimum absolute atomic E-state index is 0.131. The molecule has 5 heteroatoms. The van der Waals surface area contributed by atoms with E-state index in [0.29, 0.717) is 18.9 Å². The van der Waals surface area contributed by atoms with E-state index in [1.807, 2.05) is 24.3 Å². The number of nitrogens with one attached hydrogen (secondary N) is 1. The fourth-order valence-corrected chi connectivity index (χ4v) is 2.62. The highest BCUT2D eigenvalue weighted by molar-refractivity contribution is 5.77. The van der Waals surface area contributed by atoms with Gasteiger partial charge in [-0.15, -0.1) is 0 Å². The Bertz CT molecular complexity index is 689. The third kappa shape index (κ3) is 4.00. The Morgan fingerprint density at radius 2 is 2.13 bits per heavy atom. The number of para-hydroxylation sites is 1. The summed E-state index contributed by atoms with van der Waals surface area (Å²) < 4.78 is 23.9. The first-order valence-electron chi connectivity index (χ1n) is 7.59. The summed E-state index contributed by atoms with van der Waals surface area (Å²) in [5, 5.41) is 2.86. The van der Waals surface area contributed by atoms with Crippen LogP contribution in [0.15, 0.2) is 48.5 Å². The van der Waals surface area contributed by atoms with Crippen LogP contribution in [0.1, 0.15) is 17.9 Å². The second-order valence-electron chi connectivity index (χ2n) is 5.42. The summed E-state index contributed by atoms with van der Waals surface area (Å²) >= 11 is 0. The molecule has 0 spiro atoms. The third-order valence-electron chi connectivity index (χ3n) is 3.79. The zero-order chi connectivity index (χ0) is 16.1. The van der Waals surface area contributed by atoms with Crippen LogP contribution in [-0.2, 0) is 4.79 Å². The average Bonchev–Trinajstić information content (AvgIpc) is 2.58. The van der Waals surface area contributed by atoms with Crippen molar-refractivity contribution in [2.24, 2.45) is 0 Å². The van der Waals surface area contributed by atoms with Gasteiger partial charge in [0.15, 0.2) is 6.61 Å². The molecule has 0 saturated heterocycles. The smallest absolute Gasteiger partial charge is 0.257 e. The van der Waals surface area contributed by atoms with Crippen molar-refractivity contribution < 1.29 is 18.7 Å². The number of ether oxygens (including phenoxy) is 2. The lowest BCUT2D eigenvalue weighted by atomic mass is 9.93. The Morgan fingerprint density at radius 3 is 3.00 bits per heavy atom. The number of carbonyl (C=O) groups is 1. The first kappa shape index (κ1) is 15.3. The Balaban J connectivity index is 1.50. The van der Waals surface area contributed by atoms with E-state index in [1.54, 1.807) is 12.1 Å². The van der Waals surface area contributed by atoms with E-state index in [1.165, 1.54) is 12.1 Å². The SMILES string of the molecule is O=C(COc1cccc(F)c1)NCC1CCOc2ccccc21. The molecule has 120 valence electrons. The van der Waals surface area contributed by atoms with E-state index >= 15 is 0 Å². The summed E-state index contributed by atoms with van der Waals surface area (Å²) in [5.74, 6) is 0.851. The summed E-state index contributed by atoms with van der Waals surface area (Å²) in [7, 11) is 0. The quantitative estimate of drug-likeness (QED) is 0.923. The van der Waals surface area contributed by atoms with Crippen molar-refractivity contribution in [2.45, 2.75) is 12.3 Å². The molecule has 23 heavy (non-hydrogen) atoms. The van der Waals surface area contributed by atoms with Gasteiger partial charge in [0.25, 0.3) is 5.91 Å². The van der Waals surface area contributed by atoms with Crippen LogP contribution < -0.4 is 14.8 Å². The first-order chi connectivity index (χ1) is 11.2. The number of hydrogen-bond acceptors (Lipinski definition) is 3. The molecule has 1 heterocycles. The summed E-state index contributed by atoms with van der Waals surface area (Å²) in [6, 6.07) is 13.6. The summed E-state index contributed by atoms with van der Waals surface area (Å²) in [4.78, 5) is 11.9. The van der Waals surface area contributed by atoms with Crippen LogP contribution in [0.2, 0.25) is 0 Å². The average molecular weight is 315 g/mol. The lowest BCUT2D eigenvalue weighted by Gasteiger charge is -2.26. The van der Waals surface area contributed by atoms with Crippen molar-refractivity contribution in [2.75, 3.05) is 19.8 Å². The molecule has 0 aromatic heterocycles. The molecular weight excluding hydrogens is 297 g/mol. The first-order valence-corrected chi connectivity index (χ1v) is 7.59. The Kier molecular flexibility index (Phi) is 4.76. The maximum Gasteiger partial charge on any atom is 0.257 e. The van der Waals surface area contributed by atoms with Gasteiger partial charge < -0.3 is 14.8 Å². The molecule has 1 unspecified atom stereocenters. The van der Waals surface area contributed by atoms with E-state index in [9.17, 15) is 9.18 Å². The van der Waals surface area contributed by atoms with E-state index in [2.05, 4.69) is 5.32 Å². The molecular formula is C18H18FNO3. The topological polar surface area (TPSA) is 47.6 Å². The zero-order valence-electron chi connectivity index (χ0n) is 12.6. The van der Waals surface area contributed by atoms with Gasteiger partial charge in [-0.3, -0.25) is 4.79 Å². The highest BCUT2D eigenvalue weighted by Crippen LogP contribution is 2.32. The third-order valence-corrected chi connectivity index (χ3v) is 3.79. The highest BCUT2D eigenvalue weighted by atomic mass is 19.1.